The third-order valence-electron chi connectivity index (χ3n) is 4.34. The van der Waals surface area contributed by atoms with E-state index in [-0.39, 0.29) is 5.54 Å². The fourth-order valence-electron chi connectivity index (χ4n) is 3.50. The third kappa shape index (κ3) is 2.76. The predicted molar refractivity (Wildman–Crippen MR) is 66.6 cm³/mol. The molecular formula is C13H26N2O. The van der Waals surface area contributed by atoms with Gasteiger partial charge in [-0.2, -0.15) is 0 Å². The summed E-state index contributed by atoms with van der Waals surface area (Å²) in [5, 5.41) is 3.62. The maximum atomic E-state index is 5.34. The minimum Gasteiger partial charge on any atom is -0.383 e. The van der Waals surface area contributed by atoms with Crippen LogP contribution in [0.25, 0.3) is 0 Å². The number of hydrogen-bond acceptors (Lipinski definition) is 3. The molecule has 3 nitrogen and oxygen atoms in total. The molecule has 2 aliphatic heterocycles. The van der Waals surface area contributed by atoms with Crippen LogP contribution in [0.3, 0.4) is 0 Å². The number of likely N-dealkylation sites (tertiary alicyclic amines) is 1. The first-order valence-corrected chi connectivity index (χ1v) is 6.55. The van der Waals surface area contributed by atoms with Crippen molar-refractivity contribution in [2.75, 3.05) is 40.4 Å². The van der Waals surface area contributed by atoms with Gasteiger partial charge < -0.3 is 15.0 Å². The van der Waals surface area contributed by atoms with Crippen molar-refractivity contribution in [1.29, 1.82) is 0 Å². The van der Waals surface area contributed by atoms with E-state index in [1.54, 1.807) is 7.11 Å². The average Bonchev–Trinajstić information content (AvgIpc) is 2.65. The molecule has 2 saturated heterocycles. The summed E-state index contributed by atoms with van der Waals surface area (Å²) in [6.07, 6.45) is 4.02. The molecule has 2 aliphatic rings. The Morgan fingerprint density at radius 1 is 1.38 bits per heavy atom. The van der Waals surface area contributed by atoms with Gasteiger partial charge in [0.25, 0.3) is 0 Å². The van der Waals surface area contributed by atoms with Gasteiger partial charge in [0.2, 0.25) is 0 Å². The van der Waals surface area contributed by atoms with E-state index in [2.05, 4.69) is 24.2 Å². The Labute approximate surface area is 99.5 Å². The van der Waals surface area contributed by atoms with Crippen molar-refractivity contribution in [2.45, 2.75) is 31.7 Å². The first kappa shape index (κ1) is 12.3. The quantitative estimate of drug-likeness (QED) is 0.786. The Morgan fingerprint density at radius 2 is 2.19 bits per heavy atom. The predicted octanol–water partition coefficient (Wildman–Crippen LogP) is 1.34. The standard InChI is InChI=1S/C13H26N2O/c1-13(10-16-3)8-11(4-6-14-13)12-5-7-15(2)9-12/h11-12,14H,4-10H2,1-3H3. The summed E-state index contributed by atoms with van der Waals surface area (Å²) in [5.41, 5.74) is 0.207. The molecule has 94 valence electrons. The molecule has 16 heavy (non-hydrogen) atoms. The lowest BCUT2D eigenvalue weighted by molar-refractivity contribution is 0.0696. The molecule has 2 heterocycles. The minimum absolute atomic E-state index is 0.207. The van der Waals surface area contributed by atoms with Crippen LogP contribution < -0.4 is 5.32 Å². The highest BCUT2D eigenvalue weighted by molar-refractivity contribution is 4.93. The van der Waals surface area contributed by atoms with E-state index in [4.69, 9.17) is 4.74 Å². The van der Waals surface area contributed by atoms with Gasteiger partial charge in [-0.15, -0.1) is 0 Å². The third-order valence-corrected chi connectivity index (χ3v) is 4.34. The number of hydrogen-bond donors (Lipinski definition) is 1. The largest absolute Gasteiger partial charge is 0.383 e. The van der Waals surface area contributed by atoms with Gasteiger partial charge in [0, 0.05) is 19.2 Å². The zero-order chi connectivity index (χ0) is 11.6. The second kappa shape index (κ2) is 5.03. The van der Waals surface area contributed by atoms with E-state index in [9.17, 15) is 0 Å². The maximum Gasteiger partial charge on any atom is 0.0641 e. The van der Waals surface area contributed by atoms with Gasteiger partial charge in [0.1, 0.15) is 0 Å². The highest BCUT2D eigenvalue weighted by Crippen LogP contribution is 2.34. The number of nitrogens with one attached hydrogen (secondary N) is 1. The smallest absolute Gasteiger partial charge is 0.0641 e. The second-order valence-corrected chi connectivity index (χ2v) is 5.98. The van der Waals surface area contributed by atoms with Crippen LogP contribution in [0, 0.1) is 11.8 Å². The highest BCUT2D eigenvalue weighted by atomic mass is 16.5. The van der Waals surface area contributed by atoms with Crippen molar-refractivity contribution >= 4 is 0 Å². The van der Waals surface area contributed by atoms with Crippen molar-refractivity contribution in [1.82, 2.24) is 10.2 Å². The summed E-state index contributed by atoms with van der Waals surface area (Å²) in [6.45, 7) is 6.89. The molecule has 0 aromatic rings. The van der Waals surface area contributed by atoms with Crippen LogP contribution >= 0.6 is 0 Å². The van der Waals surface area contributed by atoms with Gasteiger partial charge in [0.15, 0.2) is 0 Å². The van der Waals surface area contributed by atoms with Crippen LogP contribution in [0.4, 0.5) is 0 Å². The molecule has 0 aliphatic carbocycles. The summed E-state index contributed by atoms with van der Waals surface area (Å²) >= 11 is 0. The molecule has 2 fully saturated rings. The van der Waals surface area contributed by atoms with Crippen molar-refractivity contribution in [3.8, 4) is 0 Å². The van der Waals surface area contributed by atoms with Crippen molar-refractivity contribution in [3.63, 3.8) is 0 Å². The van der Waals surface area contributed by atoms with Gasteiger partial charge in [-0.3, -0.25) is 0 Å². The first-order valence-electron chi connectivity index (χ1n) is 6.55. The Bertz CT molecular complexity index is 230. The van der Waals surface area contributed by atoms with E-state index in [0.717, 1.165) is 25.0 Å². The lowest BCUT2D eigenvalue weighted by Crippen LogP contribution is -2.53. The summed E-state index contributed by atoms with van der Waals surface area (Å²) in [6, 6.07) is 0. The lowest BCUT2D eigenvalue weighted by Gasteiger charge is -2.41. The zero-order valence-electron chi connectivity index (χ0n) is 11.0. The Hall–Kier alpha value is -0.120. The van der Waals surface area contributed by atoms with Crippen LogP contribution in [-0.2, 0) is 4.74 Å². The van der Waals surface area contributed by atoms with E-state index in [0.29, 0.717) is 0 Å². The van der Waals surface area contributed by atoms with Crippen LogP contribution in [0.5, 0.6) is 0 Å². The molecule has 2 rings (SSSR count). The number of methoxy groups -OCH3 is 1. The van der Waals surface area contributed by atoms with Crippen molar-refractivity contribution in [3.05, 3.63) is 0 Å². The molecule has 0 bridgehead atoms. The highest BCUT2D eigenvalue weighted by Gasteiger charge is 2.37. The van der Waals surface area contributed by atoms with Gasteiger partial charge in [-0.05, 0) is 58.2 Å². The van der Waals surface area contributed by atoms with Gasteiger partial charge in [0.05, 0.1) is 6.61 Å². The summed E-state index contributed by atoms with van der Waals surface area (Å²) in [7, 11) is 4.05. The Morgan fingerprint density at radius 3 is 2.81 bits per heavy atom. The summed E-state index contributed by atoms with van der Waals surface area (Å²) in [5.74, 6) is 1.81. The minimum atomic E-state index is 0.207. The Kier molecular flexibility index (Phi) is 3.88. The molecule has 0 saturated carbocycles. The van der Waals surface area contributed by atoms with Gasteiger partial charge >= 0.3 is 0 Å². The van der Waals surface area contributed by atoms with Crippen LogP contribution in [0.1, 0.15) is 26.2 Å². The van der Waals surface area contributed by atoms with Crippen molar-refractivity contribution < 1.29 is 4.74 Å². The fourth-order valence-corrected chi connectivity index (χ4v) is 3.50. The zero-order valence-corrected chi connectivity index (χ0v) is 11.0. The summed E-state index contributed by atoms with van der Waals surface area (Å²) in [4.78, 5) is 2.47. The molecule has 0 spiro atoms. The maximum absolute atomic E-state index is 5.34. The van der Waals surface area contributed by atoms with E-state index >= 15 is 0 Å². The second-order valence-electron chi connectivity index (χ2n) is 5.98. The van der Waals surface area contributed by atoms with Crippen molar-refractivity contribution in [2.24, 2.45) is 11.8 Å². The number of nitrogens with zero attached hydrogens (tertiary/aromatic N) is 1. The Balaban J connectivity index is 1.91. The molecule has 0 amide bonds. The molecular weight excluding hydrogens is 200 g/mol. The van der Waals surface area contributed by atoms with E-state index < -0.39 is 0 Å². The molecule has 3 unspecified atom stereocenters. The molecule has 3 atom stereocenters. The normalized spacial score (nSPS) is 41.4. The van der Waals surface area contributed by atoms with E-state index in [1.807, 2.05) is 0 Å². The van der Waals surface area contributed by atoms with Crippen LogP contribution in [0.2, 0.25) is 0 Å². The number of rotatable bonds is 3. The molecule has 0 aromatic heterocycles. The van der Waals surface area contributed by atoms with E-state index in [1.165, 1.54) is 32.4 Å². The van der Waals surface area contributed by atoms with Crippen LogP contribution in [0.15, 0.2) is 0 Å². The number of piperidine rings is 1. The molecule has 1 N–H and O–H groups in total. The first-order chi connectivity index (χ1) is 7.63. The number of ether oxygens (including phenoxy) is 1. The molecule has 0 radical (unpaired) electrons. The van der Waals surface area contributed by atoms with Gasteiger partial charge in [-0.1, -0.05) is 0 Å². The monoisotopic (exact) mass is 226 g/mol. The molecule has 3 heteroatoms. The lowest BCUT2D eigenvalue weighted by atomic mass is 9.76. The fraction of sp³-hybridized carbons (Fsp3) is 1.00. The van der Waals surface area contributed by atoms with Crippen LogP contribution in [-0.4, -0.2) is 50.8 Å². The average molecular weight is 226 g/mol. The molecule has 0 aromatic carbocycles. The summed E-state index contributed by atoms with van der Waals surface area (Å²) < 4.78 is 5.34. The topological polar surface area (TPSA) is 24.5 Å². The van der Waals surface area contributed by atoms with Gasteiger partial charge in [-0.25, -0.2) is 0 Å². The SMILES string of the molecule is COCC1(C)CC(C2CCN(C)C2)CCN1.